The molecule has 1 atom stereocenters. The molecule has 7 heteroatoms. The summed E-state index contributed by atoms with van der Waals surface area (Å²) in [4.78, 5) is 7.24. The third-order valence-electron chi connectivity index (χ3n) is 5.23. The molecule has 0 amide bonds. The predicted molar refractivity (Wildman–Crippen MR) is 133 cm³/mol. The molecule has 6 nitrogen and oxygen atoms in total. The molecule has 1 unspecified atom stereocenters. The summed E-state index contributed by atoms with van der Waals surface area (Å²) in [5, 5.41) is 5.83. The lowest BCUT2D eigenvalue weighted by Crippen LogP contribution is -2.40. The fraction of sp³-hybridized carbons (Fsp3) is 0.522. The minimum atomic E-state index is 0. The minimum Gasteiger partial charge on any atom is -0.497 e. The molecule has 2 aromatic carbocycles. The third-order valence-corrected chi connectivity index (χ3v) is 5.23. The van der Waals surface area contributed by atoms with Gasteiger partial charge in [-0.3, -0.25) is 0 Å². The van der Waals surface area contributed by atoms with Crippen molar-refractivity contribution in [3.05, 3.63) is 42.0 Å². The predicted octanol–water partition coefficient (Wildman–Crippen LogP) is 3.92. The first-order chi connectivity index (χ1) is 14.2. The number of hydrogen-bond acceptors (Lipinski definition) is 4. The van der Waals surface area contributed by atoms with Gasteiger partial charge in [-0.2, -0.15) is 0 Å². The Kier molecular flexibility index (Phi) is 10.7. The van der Waals surface area contributed by atoms with Crippen molar-refractivity contribution in [1.82, 2.24) is 10.2 Å². The molecule has 1 aliphatic heterocycles. The summed E-state index contributed by atoms with van der Waals surface area (Å²) in [5.41, 5.74) is 1.21. The summed E-state index contributed by atoms with van der Waals surface area (Å²) < 4.78 is 16.1. The largest absolute Gasteiger partial charge is 0.497 e. The van der Waals surface area contributed by atoms with Crippen molar-refractivity contribution >= 4 is 40.7 Å². The smallest absolute Gasteiger partial charge is 0.194 e. The second-order valence-electron chi connectivity index (χ2n) is 7.39. The van der Waals surface area contributed by atoms with Crippen LogP contribution in [-0.4, -0.2) is 64.5 Å². The van der Waals surface area contributed by atoms with Gasteiger partial charge in [0.05, 0.1) is 33.5 Å². The first kappa shape index (κ1) is 24.7. The molecule has 3 rings (SSSR count). The normalized spacial score (nSPS) is 16.6. The van der Waals surface area contributed by atoms with E-state index in [1.54, 1.807) is 14.2 Å². The number of benzene rings is 2. The summed E-state index contributed by atoms with van der Waals surface area (Å²) in [5.74, 6) is 2.42. The molecule has 1 fully saturated rings. The molecule has 2 aromatic rings. The maximum atomic E-state index is 5.71. The van der Waals surface area contributed by atoms with E-state index in [4.69, 9.17) is 19.2 Å². The molecule has 0 spiro atoms. The number of ether oxygens (including phenoxy) is 3. The molecular formula is C23H34IN3O3. The van der Waals surface area contributed by atoms with Crippen LogP contribution in [0.4, 0.5) is 0 Å². The molecule has 0 bridgehead atoms. The molecule has 1 N–H and O–H groups in total. The van der Waals surface area contributed by atoms with Crippen LogP contribution in [0.3, 0.4) is 0 Å². The molecule has 1 heterocycles. The van der Waals surface area contributed by atoms with E-state index in [0.717, 1.165) is 44.4 Å². The molecule has 0 aliphatic carbocycles. The van der Waals surface area contributed by atoms with Crippen LogP contribution in [0.25, 0.3) is 10.8 Å². The van der Waals surface area contributed by atoms with Crippen LogP contribution in [0.15, 0.2) is 41.4 Å². The third kappa shape index (κ3) is 6.99. The number of halogens is 1. The van der Waals surface area contributed by atoms with Gasteiger partial charge in [0.15, 0.2) is 5.96 Å². The summed E-state index contributed by atoms with van der Waals surface area (Å²) in [6.07, 6.45) is 1.13. The van der Waals surface area contributed by atoms with Crippen molar-refractivity contribution in [2.24, 2.45) is 10.9 Å². The monoisotopic (exact) mass is 527 g/mol. The number of methoxy groups -OCH3 is 2. The summed E-state index contributed by atoms with van der Waals surface area (Å²) >= 11 is 0. The van der Waals surface area contributed by atoms with Gasteiger partial charge in [-0.05, 0) is 47.9 Å². The van der Waals surface area contributed by atoms with Crippen LogP contribution in [0.2, 0.25) is 0 Å². The number of fused-ring (bicyclic) bond motifs is 1. The Morgan fingerprint density at radius 2 is 1.93 bits per heavy atom. The van der Waals surface area contributed by atoms with Crippen LogP contribution in [0, 0.1) is 5.92 Å². The number of likely N-dealkylation sites (tertiary alicyclic amines) is 1. The molecule has 1 aliphatic rings. The molecule has 0 saturated carbocycles. The van der Waals surface area contributed by atoms with Crippen molar-refractivity contribution in [3.63, 3.8) is 0 Å². The number of nitrogens with one attached hydrogen (secondary N) is 1. The van der Waals surface area contributed by atoms with Crippen LogP contribution >= 0.6 is 24.0 Å². The van der Waals surface area contributed by atoms with Gasteiger partial charge in [-0.15, -0.1) is 24.0 Å². The maximum absolute atomic E-state index is 5.71. The van der Waals surface area contributed by atoms with E-state index < -0.39 is 0 Å². The van der Waals surface area contributed by atoms with Crippen molar-refractivity contribution in [2.75, 3.05) is 53.7 Å². The van der Waals surface area contributed by atoms with Crippen LogP contribution in [0.1, 0.15) is 18.9 Å². The molecule has 0 radical (unpaired) electrons. The Bertz CT molecular complexity index is 815. The van der Waals surface area contributed by atoms with Gasteiger partial charge in [0, 0.05) is 32.7 Å². The number of nitrogens with zero attached hydrogens (tertiary/aromatic N) is 2. The minimum absolute atomic E-state index is 0. The molecular weight excluding hydrogens is 493 g/mol. The van der Waals surface area contributed by atoms with Gasteiger partial charge in [-0.1, -0.05) is 18.2 Å². The average Bonchev–Trinajstić information content (AvgIpc) is 3.22. The highest BCUT2D eigenvalue weighted by molar-refractivity contribution is 14.0. The lowest BCUT2D eigenvalue weighted by molar-refractivity contribution is 0.0536. The van der Waals surface area contributed by atoms with Crippen LogP contribution in [-0.2, 0) is 16.0 Å². The topological polar surface area (TPSA) is 55.3 Å². The summed E-state index contributed by atoms with van der Waals surface area (Å²) in [6.45, 7) is 7.73. The van der Waals surface area contributed by atoms with Crippen molar-refractivity contribution in [1.29, 1.82) is 0 Å². The number of hydrogen-bond donors (Lipinski definition) is 1. The zero-order chi connectivity index (χ0) is 20.5. The average molecular weight is 527 g/mol. The van der Waals surface area contributed by atoms with Crippen molar-refractivity contribution in [2.45, 2.75) is 19.9 Å². The van der Waals surface area contributed by atoms with E-state index in [1.165, 1.54) is 16.3 Å². The van der Waals surface area contributed by atoms with E-state index in [-0.39, 0.29) is 24.0 Å². The Labute approximate surface area is 197 Å². The fourth-order valence-corrected chi connectivity index (χ4v) is 3.64. The Morgan fingerprint density at radius 3 is 2.70 bits per heavy atom. The number of aliphatic imine (C=N–C) groups is 1. The van der Waals surface area contributed by atoms with Gasteiger partial charge in [0.25, 0.3) is 0 Å². The number of guanidine groups is 1. The highest BCUT2D eigenvalue weighted by atomic mass is 127. The summed E-state index contributed by atoms with van der Waals surface area (Å²) in [6, 6.07) is 12.6. The Morgan fingerprint density at radius 1 is 1.13 bits per heavy atom. The lowest BCUT2D eigenvalue weighted by atomic mass is 10.1. The molecule has 166 valence electrons. The highest BCUT2D eigenvalue weighted by Gasteiger charge is 2.24. The first-order valence-electron chi connectivity index (χ1n) is 10.4. The van der Waals surface area contributed by atoms with Gasteiger partial charge < -0.3 is 24.4 Å². The number of rotatable bonds is 9. The van der Waals surface area contributed by atoms with Gasteiger partial charge in [0.1, 0.15) is 5.75 Å². The van der Waals surface area contributed by atoms with E-state index in [1.807, 2.05) is 6.07 Å². The fourth-order valence-electron chi connectivity index (χ4n) is 3.64. The lowest BCUT2D eigenvalue weighted by Gasteiger charge is -2.21. The van der Waals surface area contributed by atoms with Crippen LogP contribution in [0.5, 0.6) is 5.75 Å². The Hall–Kier alpha value is -1.58. The van der Waals surface area contributed by atoms with Crippen LogP contribution < -0.4 is 10.1 Å². The van der Waals surface area contributed by atoms with Gasteiger partial charge in [-0.25, -0.2) is 4.99 Å². The molecule has 1 saturated heterocycles. The maximum Gasteiger partial charge on any atom is 0.194 e. The molecule has 0 aromatic heterocycles. The van der Waals surface area contributed by atoms with E-state index in [0.29, 0.717) is 25.7 Å². The van der Waals surface area contributed by atoms with Crippen molar-refractivity contribution < 1.29 is 14.2 Å². The molecule has 30 heavy (non-hydrogen) atoms. The van der Waals surface area contributed by atoms with Gasteiger partial charge in [0.2, 0.25) is 0 Å². The van der Waals surface area contributed by atoms with Gasteiger partial charge >= 0.3 is 0 Å². The van der Waals surface area contributed by atoms with E-state index in [2.05, 4.69) is 47.5 Å². The zero-order valence-electron chi connectivity index (χ0n) is 18.2. The standard InChI is InChI=1S/C23H33N3O3.HI/c1-4-24-23(26-10-9-19(16-26)17-29-12-11-27-2)25-15-18-5-6-21-14-22(28-3)8-7-20(21)13-18;/h5-8,13-14,19H,4,9-12,15-17H2,1-3H3,(H,24,25);1H. The van der Waals surface area contributed by atoms with Crippen molar-refractivity contribution in [3.8, 4) is 5.75 Å². The van der Waals surface area contributed by atoms with E-state index in [9.17, 15) is 0 Å². The summed E-state index contributed by atoms with van der Waals surface area (Å²) in [7, 11) is 3.40. The van der Waals surface area contributed by atoms with E-state index >= 15 is 0 Å². The SMILES string of the molecule is CCNC(=NCc1ccc2cc(OC)ccc2c1)N1CCC(COCCOC)C1.I. The Balaban J connectivity index is 0.00000320. The highest BCUT2D eigenvalue weighted by Crippen LogP contribution is 2.22. The zero-order valence-corrected chi connectivity index (χ0v) is 20.6. The quantitative estimate of drug-likeness (QED) is 0.232. The first-order valence-corrected chi connectivity index (χ1v) is 10.4. The second kappa shape index (κ2) is 13.0. The second-order valence-corrected chi connectivity index (χ2v) is 7.39.